The maximum Gasteiger partial charge on any atom is 0.252 e. The number of aromatic nitrogens is 3. The van der Waals surface area contributed by atoms with E-state index in [0.29, 0.717) is 41.5 Å². The summed E-state index contributed by atoms with van der Waals surface area (Å²) in [5, 5.41) is 6.18. The van der Waals surface area contributed by atoms with Gasteiger partial charge in [-0.2, -0.15) is 4.39 Å². The van der Waals surface area contributed by atoms with E-state index < -0.39 is 11.6 Å². The second-order valence-electron chi connectivity index (χ2n) is 7.63. The minimum Gasteiger partial charge on any atom is -0.494 e. The number of ether oxygens (including phenoxy) is 1. The van der Waals surface area contributed by atoms with E-state index in [9.17, 15) is 13.6 Å². The third kappa shape index (κ3) is 5.51. The summed E-state index contributed by atoms with van der Waals surface area (Å²) in [5.41, 5.74) is 7.12. The number of nitrogens with zero attached hydrogens (tertiary/aromatic N) is 3. The Kier molecular flexibility index (Phi) is 9.03. The van der Waals surface area contributed by atoms with E-state index in [1.807, 2.05) is 0 Å². The highest BCUT2D eigenvalue weighted by Crippen LogP contribution is 2.32. The molecule has 0 atom stereocenters. The SMILES string of the molecule is COc1ccc(-c2cnc3c(Nc4ccc(C(=O)NCCCCN)c(Cl)c4)nccn23)c(F)c1F.Cl. The number of unbranched alkanes of at least 4 members (excludes halogenated alkanes) is 1. The van der Waals surface area contributed by atoms with Gasteiger partial charge in [-0.15, -0.1) is 12.4 Å². The highest BCUT2D eigenvalue weighted by molar-refractivity contribution is 6.34. The van der Waals surface area contributed by atoms with Gasteiger partial charge >= 0.3 is 0 Å². The molecule has 0 saturated heterocycles. The second kappa shape index (κ2) is 12.0. The molecule has 2 aromatic carbocycles. The van der Waals surface area contributed by atoms with Gasteiger partial charge in [0, 0.05) is 30.2 Å². The van der Waals surface area contributed by atoms with Crippen LogP contribution in [0.5, 0.6) is 5.75 Å². The van der Waals surface area contributed by atoms with E-state index in [0.717, 1.165) is 12.8 Å². The van der Waals surface area contributed by atoms with Crippen LogP contribution in [0.4, 0.5) is 20.3 Å². The average Bonchev–Trinajstić information content (AvgIpc) is 3.28. The largest absolute Gasteiger partial charge is 0.494 e. The normalized spacial score (nSPS) is 10.7. The van der Waals surface area contributed by atoms with Crippen molar-refractivity contribution in [1.82, 2.24) is 19.7 Å². The number of hydrogen-bond donors (Lipinski definition) is 3. The van der Waals surface area contributed by atoms with E-state index in [1.54, 1.807) is 28.8 Å². The van der Waals surface area contributed by atoms with Gasteiger partial charge < -0.3 is 21.1 Å². The van der Waals surface area contributed by atoms with Crippen molar-refractivity contribution in [3.8, 4) is 17.0 Å². The van der Waals surface area contributed by atoms with E-state index in [1.165, 1.54) is 31.6 Å². The number of amides is 1. The molecule has 4 rings (SSSR count). The summed E-state index contributed by atoms with van der Waals surface area (Å²) >= 11 is 6.34. The van der Waals surface area contributed by atoms with E-state index in [2.05, 4.69) is 20.6 Å². The molecule has 0 aliphatic rings. The third-order valence-corrected chi connectivity index (χ3v) is 5.68. The number of nitrogens with two attached hydrogens (primary N) is 1. The Balaban J connectivity index is 0.00000361. The van der Waals surface area contributed by atoms with Crippen molar-refractivity contribution >= 4 is 47.1 Å². The first kappa shape index (κ1) is 27.1. The summed E-state index contributed by atoms with van der Waals surface area (Å²) in [7, 11) is 1.27. The third-order valence-electron chi connectivity index (χ3n) is 5.36. The van der Waals surface area contributed by atoms with Crippen LogP contribution < -0.4 is 21.1 Å². The first-order valence-corrected chi connectivity index (χ1v) is 11.2. The number of rotatable bonds is 9. The predicted molar refractivity (Wildman–Crippen MR) is 137 cm³/mol. The number of methoxy groups -OCH3 is 1. The first-order valence-electron chi connectivity index (χ1n) is 10.8. The molecule has 2 aromatic heterocycles. The fourth-order valence-corrected chi connectivity index (χ4v) is 3.84. The summed E-state index contributed by atoms with van der Waals surface area (Å²) in [6.07, 6.45) is 6.13. The molecular weight excluding hydrogens is 513 g/mol. The van der Waals surface area contributed by atoms with Crippen molar-refractivity contribution < 1.29 is 18.3 Å². The van der Waals surface area contributed by atoms with Crippen LogP contribution in [0.3, 0.4) is 0 Å². The highest BCUT2D eigenvalue weighted by Gasteiger charge is 2.19. The maximum atomic E-state index is 14.7. The van der Waals surface area contributed by atoms with Gasteiger partial charge in [0.05, 0.1) is 29.6 Å². The van der Waals surface area contributed by atoms with Crippen LogP contribution in [0.2, 0.25) is 5.02 Å². The lowest BCUT2D eigenvalue weighted by Crippen LogP contribution is -2.25. The van der Waals surface area contributed by atoms with Gasteiger partial charge in [0.15, 0.2) is 23.0 Å². The molecule has 12 heteroatoms. The first-order chi connectivity index (χ1) is 16.9. The molecule has 8 nitrogen and oxygen atoms in total. The van der Waals surface area contributed by atoms with Gasteiger partial charge in [-0.1, -0.05) is 11.6 Å². The number of halogens is 4. The number of hydrogen-bond acceptors (Lipinski definition) is 6. The minimum absolute atomic E-state index is 0. The van der Waals surface area contributed by atoms with Crippen molar-refractivity contribution in [3.63, 3.8) is 0 Å². The zero-order chi connectivity index (χ0) is 24.9. The van der Waals surface area contributed by atoms with Crippen LogP contribution in [0.1, 0.15) is 23.2 Å². The summed E-state index contributed by atoms with van der Waals surface area (Å²) in [6.45, 7) is 1.08. The van der Waals surface area contributed by atoms with Crippen LogP contribution in [0.25, 0.3) is 16.9 Å². The van der Waals surface area contributed by atoms with Gasteiger partial charge in [-0.25, -0.2) is 14.4 Å². The summed E-state index contributed by atoms with van der Waals surface area (Å²) in [6, 6.07) is 7.67. The highest BCUT2D eigenvalue weighted by atomic mass is 35.5. The quantitative estimate of drug-likeness (QED) is 0.261. The van der Waals surface area contributed by atoms with Crippen LogP contribution >= 0.6 is 24.0 Å². The lowest BCUT2D eigenvalue weighted by molar-refractivity contribution is 0.0953. The van der Waals surface area contributed by atoms with Crippen molar-refractivity contribution in [2.24, 2.45) is 5.73 Å². The monoisotopic (exact) mass is 536 g/mol. The molecule has 0 aliphatic carbocycles. The molecule has 0 fully saturated rings. The number of carbonyl (C=O) groups is 1. The smallest absolute Gasteiger partial charge is 0.252 e. The Morgan fingerprint density at radius 2 is 1.97 bits per heavy atom. The molecule has 4 N–H and O–H groups in total. The Morgan fingerprint density at radius 1 is 1.17 bits per heavy atom. The van der Waals surface area contributed by atoms with Crippen LogP contribution in [-0.4, -0.2) is 40.5 Å². The van der Waals surface area contributed by atoms with Gasteiger partial charge in [0.1, 0.15) is 0 Å². The Hall–Kier alpha value is -3.47. The predicted octanol–water partition coefficient (Wildman–Crippen LogP) is 4.97. The zero-order valence-electron chi connectivity index (χ0n) is 19.2. The topological polar surface area (TPSA) is 107 Å². The summed E-state index contributed by atoms with van der Waals surface area (Å²) < 4.78 is 35.3. The maximum absolute atomic E-state index is 14.7. The van der Waals surface area contributed by atoms with Crippen molar-refractivity contribution in [3.05, 3.63) is 71.1 Å². The van der Waals surface area contributed by atoms with E-state index in [-0.39, 0.29) is 34.6 Å². The molecule has 0 aliphatic heterocycles. The Bertz CT molecular complexity index is 1380. The number of imidazole rings is 1. The number of anilines is 2. The molecule has 0 radical (unpaired) electrons. The molecule has 0 saturated carbocycles. The minimum atomic E-state index is -1.08. The number of nitrogens with one attached hydrogen (secondary N) is 2. The van der Waals surface area contributed by atoms with Gasteiger partial charge in [0.25, 0.3) is 5.91 Å². The molecule has 0 bridgehead atoms. The van der Waals surface area contributed by atoms with Crippen molar-refractivity contribution in [2.45, 2.75) is 12.8 Å². The molecule has 4 aromatic rings. The number of fused-ring (bicyclic) bond motifs is 1. The molecule has 2 heterocycles. The zero-order valence-corrected chi connectivity index (χ0v) is 20.8. The van der Waals surface area contributed by atoms with Crippen LogP contribution in [0, 0.1) is 11.6 Å². The van der Waals surface area contributed by atoms with Crippen LogP contribution in [-0.2, 0) is 0 Å². The molecule has 0 spiro atoms. The molecular formula is C24H24Cl2F2N6O2. The fraction of sp³-hybridized carbons (Fsp3) is 0.208. The Morgan fingerprint density at radius 3 is 2.69 bits per heavy atom. The van der Waals surface area contributed by atoms with Crippen LogP contribution in [0.15, 0.2) is 48.9 Å². The second-order valence-corrected chi connectivity index (χ2v) is 8.03. The average molecular weight is 537 g/mol. The fourth-order valence-electron chi connectivity index (χ4n) is 3.57. The molecule has 1 amide bonds. The molecule has 0 unspecified atom stereocenters. The number of benzene rings is 2. The van der Waals surface area contributed by atoms with Gasteiger partial charge in [-0.3, -0.25) is 9.20 Å². The van der Waals surface area contributed by atoms with Gasteiger partial charge in [-0.05, 0) is 49.7 Å². The van der Waals surface area contributed by atoms with Crippen molar-refractivity contribution in [2.75, 3.05) is 25.5 Å². The van der Waals surface area contributed by atoms with E-state index >= 15 is 0 Å². The van der Waals surface area contributed by atoms with Crippen molar-refractivity contribution in [1.29, 1.82) is 0 Å². The lowest BCUT2D eigenvalue weighted by Gasteiger charge is -2.11. The van der Waals surface area contributed by atoms with E-state index in [4.69, 9.17) is 22.1 Å². The standard InChI is InChI=1S/C24H23ClF2N6O2.ClH/c1-35-19-7-6-16(20(26)21(19)27)18-13-31-23-22(29-10-11-33(18)23)32-14-4-5-15(17(25)12-14)24(34)30-9-3-2-8-28;/h4-7,10-13H,2-3,8-9,28H2,1H3,(H,29,32)(H,30,34);1H. The summed E-state index contributed by atoms with van der Waals surface area (Å²) in [5.74, 6) is -2.21. The summed E-state index contributed by atoms with van der Waals surface area (Å²) in [4.78, 5) is 21.0. The number of carbonyl (C=O) groups excluding carboxylic acids is 1. The van der Waals surface area contributed by atoms with Gasteiger partial charge in [0.2, 0.25) is 5.82 Å². The Labute approximate surface area is 217 Å². The molecule has 36 heavy (non-hydrogen) atoms. The molecule has 190 valence electrons. The lowest BCUT2D eigenvalue weighted by atomic mass is 10.1.